The number of aliphatic hydroxyl groups is 1. The number of halogens is 2. The molecule has 0 aliphatic carbocycles. The van der Waals surface area contributed by atoms with E-state index in [2.05, 4.69) is 0 Å². The summed E-state index contributed by atoms with van der Waals surface area (Å²) in [6.07, 6.45) is -0.289. The Balaban J connectivity index is 2.23. The Labute approximate surface area is 134 Å². The highest BCUT2D eigenvalue weighted by atomic mass is 35.5. The third-order valence-corrected chi connectivity index (χ3v) is 3.95. The summed E-state index contributed by atoms with van der Waals surface area (Å²) in [5, 5.41) is 11.4. The van der Waals surface area contributed by atoms with Crippen LogP contribution in [0.1, 0.15) is 17.2 Å². The zero-order valence-electron chi connectivity index (χ0n) is 11.8. The van der Waals surface area contributed by atoms with Gasteiger partial charge in [-0.1, -0.05) is 29.3 Å². The Morgan fingerprint density at radius 2 is 1.76 bits per heavy atom. The fourth-order valence-corrected chi connectivity index (χ4v) is 2.41. The van der Waals surface area contributed by atoms with Gasteiger partial charge in [-0.25, -0.2) is 0 Å². The van der Waals surface area contributed by atoms with E-state index in [9.17, 15) is 5.11 Å². The van der Waals surface area contributed by atoms with Crippen molar-refractivity contribution in [2.45, 2.75) is 12.5 Å². The average Bonchev–Trinajstić information content (AvgIpc) is 2.50. The van der Waals surface area contributed by atoms with Crippen LogP contribution >= 0.6 is 23.2 Å². The van der Waals surface area contributed by atoms with Crippen molar-refractivity contribution in [1.29, 1.82) is 0 Å². The van der Waals surface area contributed by atoms with Crippen LogP contribution in [0.3, 0.4) is 0 Å². The van der Waals surface area contributed by atoms with E-state index in [1.807, 2.05) is 6.07 Å². The predicted molar refractivity (Wildman–Crippen MR) is 84.7 cm³/mol. The Kier molecular flexibility index (Phi) is 5.34. The molecule has 0 aliphatic rings. The van der Waals surface area contributed by atoms with Gasteiger partial charge in [0.1, 0.15) is 11.5 Å². The molecule has 0 aliphatic heterocycles. The van der Waals surface area contributed by atoms with Crippen LogP contribution in [0.4, 0.5) is 0 Å². The predicted octanol–water partition coefficient (Wildman–Crippen LogP) is 4.29. The van der Waals surface area contributed by atoms with E-state index < -0.39 is 6.10 Å². The summed E-state index contributed by atoms with van der Waals surface area (Å²) in [5.41, 5.74) is 1.60. The van der Waals surface area contributed by atoms with E-state index >= 15 is 0 Å². The van der Waals surface area contributed by atoms with Crippen molar-refractivity contribution < 1.29 is 14.6 Å². The monoisotopic (exact) mass is 326 g/mol. The molecule has 0 saturated carbocycles. The van der Waals surface area contributed by atoms with Crippen LogP contribution in [-0.2, 0) is 6.42 Å². The Morgan fingerprint density at radius 1 is 1.00 bits per heavy atom. The molecule has 1 unspecified atom stereocenters. The van der Waals surface area contributed by atoms with Crippen molar-refractivity contribution in [2.75, 3.05) is 14.2 Å². The standard InChI is InChI=1S/C16H16Cl2O3/c1-20-11-4-5-12(16(9-11)21-2)15(19)8-10-3-6-13(17)14(18)7-10/h3-7,9,15,19H,8H2,1-2H3. The van der Waals surface area contributed by atoms with Gasteiger partial charge < -0.3 is 14.6 Å². The summed E-state index contributed by atoms with van der Waals surface area (Å²) in [6.45, 7) is 0. The van der Waals surface area contributed by atoms with E-state index in [1.54, 1.807) is 44.6 Å². The second-order valence-electron chi connectivity index (χ2n) is 4.58. The van der Waals surface area contributed by atoms with Gasteiger partial charge in [0.25, 0.3) is 0 Å². The molecule has 0 amide bonds. The Bertz CT molecular complexity index is 629. The van der Waals surface area contributed by atoms with Crippen molar-refractivity contribution in [3.8, 4) is 11.5 Å². The lowest BCUT2D eigenvalue weighted by molar-refractivity contribution is 0.174. The van der Waals surface area contributed by atoms with E-state index in [0.717, 1.165) is 5.56 Å². The number of hydrogen-bond acceptors (Lipinski definition) is 3. The van der Waals surface area contributed by atoms with Gasteiger partial charge >= 0.3 is 0 Å². The van der Waals surface area contributed by atoms with Gasteiger partial charge in [-0.15, -0.1) is 0 Å². The van der Waals surface area contributed by atoms with Crippen molar-refractivity contribution in [2.24, 2.45) is 0 Å². The third kappa shape index (κ3) is 3.82. The molecule has 2 aromatic rings. The fourth-order valence-electron chi connectivity index (χ4n) is 2.09. The molecule has 5 heteroatoms. The van der Waals surface area contributed by atoms with Gasteiger partial charge in [-0.2, -0.15) is 0 Å². The van der Waals surface area contributed by atoms with Crippen molar-refractivity contribution in [3.05, 3.63) is 57.6 Å². The SMILES string of the molecule is COc1ccc(C(O)Cc2ccc(Cl)c(Cl)c2)c(OC)c1. The van der Waals surface area contributed by atoms with Gasteiger partial charge in [0.2, 0.25) is 0 Å². The number of aliphatic hydroxyl groups excluding tert-OH is 1. The minimum Gasteiger partial charge on any atom is -0.497 e. The molecule has 112 valence electrons. The maximum Gasteiger partial charge on any atom is 0.128 e. The normalized spacial score (nSPS) is 12.0. The van der Waals surface area contributed by atoms with Crippen molar-refractivity contribution >= 4 is 23.2 Å². The number of ether oxygens (including phenoxy) is 2. The zero-order valence-corrected chi connectivity index (χ0v) is 13.3. The number of hydrogen-bond donors (Lipinski definition) is 1. The summed E-state index contributed by atoms with van der Waals surface area (Å²) in [4.78, 5) is 0. The highest BCUT2D eigenvalue weighted by Gasteiger charge is 2.15. The van der Waals surface area contributed by atoms with Crippen LogP contribution < -0.4 is 9.47 Å². The molecule has 0 bridgehead atoms. The second kappa shape index (κ2) is 7.03. The van der Waals surface area contributed by atoms with E-state index in [1.165, 1.54) is 0 Å². The molecule has 1 atom stereocenters. The number of rotatable bonds is 5. The lowest BCUT2D eigenvalue weighted by Gasteiger charge is -2.16. The molecular weight excluding hydrogens is 311 g/mol. The highest BCUT2D eigenvalue weighted by molar-refractivity contribution is 6.42. The minimum absolute atomic E-state index is 0.416. The summed E-state index contributed by atoms with van der Waals surface area (Å²) < 4.78 is 10.4. The molecular formula is C16H16Cl2O3. The largest absolute Gasteiger partial charge is 0.497 e. The maximum absolute atomic E-state index is 10.4. The molecule has 0 aromatic heterocycles. The quantitative estimate of drug-likeness (QED) is 0.890. The van der Waals surface area contributed by atoms with Gasteiger partial charge in [0, 0.05) is 18.1 Å². The molecule has 21 heavy (non-hydrogen) atoms. The third-order valence-electron chi connectivity index (χ3n) is 3.21. The first-order valence-electron chi connectivity index (χ1n) is 6.39. The molecule has 0 radical (unpaired) electrons. The van der Waals surface area contributed by atoms with Gasteiger partial charge in [0.05, 0.1) is 30.4 Å². The van der Waals surface area contributed by atoms with Crippen LogP contribution in [-0.4, -0.2) is 19.3 Å². The zero-order chi connectivity index (χ0) is 15.4. The molecule has 0 spiro atoms. The minimum atomic E-state index is -0.705. The summed E-state index contributed by atoms with van der Waals surface area (Å²) in [6, 6.07) is 10.6. The van der Waals surface area contributed by atoms with Crippen molar-refractivity contribution in [3.63, 3.8) is 0 Å². The van der Waals surface area contributed by atoms with Crippen molar-refractivity contribution in [1.82, 2.24) is 0 Å². The summed E-state index contributed by atoms with van der Waals surface area (Å²) in [7, 11) is 3.14. The topological polar surface area (TPSA) is 38.7 Å². The van der Waals surface area contributed by atoms with Crippen LogP contribution in [0.25, 0.3) is 0 Å². The number of benzene rings is 2. The fraction of sp³-hybridized carbons (Fsp3) is 0.250. The number of methoxy groups -OCH3 is 2. The summed E-state index contributed by atoms with van der Waals surface area (Å²) in [5.74, 6) is 1.26. The van der Waals surface area contributed by atoms with E-state index in [0.29, 0.717) is 33.5 Å². The van der Waals surface area contributed by atoms with E-state index in [4.69, 9.17) is 32.7 Å². The smallest absolute Gasteiger partial charge is 0.128 e. The molecule has 0 saturated heterocycles. The van der Waals surface area contributed by atoms with Gasteiger partial charge in [-0.3, -0.25) is 0 Å². The molecule has 0 fully saturated rings. The summed E-state index contributed by atoms with van der Waals surface area (Å²) >= 11 is 11.9. The molecule has 1 N–H and O–H groups in total. The lowest BCUT2D eigenvalue weighted by atomic mass is 10.0. The first-order chi connectivity index (χ1) is 10.0. The second-order valence-corrected chi connectivity index (χ2v) is 5.39. The molecule has 2 rings (SSSR count). The van der Waals surface area contributed by atoms with Gasteiger partial charge in [-0.05, 0) is 29.8 Å². The van der Waals surface area contributed by atoms with Crippen LogP contribution in [0.15, 0.2) is 36.4 Å². The Morgan fingerprint density at radius 3 is 2.38 bits per heavy atom. The maximum atomic E-state index is 10.4. The van der Waals surface area contributed by atoms with Crippen LogP contribution in [0.5, 0.6) is 11.5 Å². The van der Waals surface area contributed by atoms with Crippen LogP contribution in [0.2, 0.25) is 10.0 Å². The highest BCUT2D eigenvalue weighted by Crippen LogP contribution is 2.32. The Hall–Kier alpha value is -1.42. The molecule has 0 heterocycles. The van der Waals surface area contributed by atoms with Crippen LogP contribution in [0, 0.1) is 0 Å². The van der Waals surface area contributed by atoms with Gasteiger partial charge in [0.15, 0.2) is 0 Å². The first kappa shape index (κ1) is 16.0. The average molecular weight is 327 g/mol. The first-order valence-corrected chi connectivity index (χ1v) is 7.14. The molecule has 3 nitrogen and oxygen atoms in total. The lowest BCUT2D eigenvalue weighted by Crippen LogP contribution is -2.04. The van der Waals surface area contributed by atoms with E-state index in [-0.39, 0.29) is 0 Å². The molecule has 2 aromatic carbocycles.